The fourth-order valence-corrected chi connectivity index (χ4v) is 1.63. The van der Waals surface area contributed by atoms with E-state index in [-0.39, 0.29) is 5.69 Å². The number of nitrogens with two attached hydrogens (primary N) is 1. The van der Waals surface area contributed by atoms with Gasteiger partial charge < -0.3 is 10.8 Å². The molecule has 1 aromatic heterocycles. The molecule has 0 aliphatic rings. The molecule has 2 rings (SSSR count). The highest BCUT2D eigenvalue weighted by molar-refractivity contribution is 5.93. The minimum absolute atomic E-state index is 0.0630. The van der Waals surface area contributed by atoms with Crippen molar-refractivity contribution >= 4 is 5.97 Å². The lowest BCUT2D eigenvalue weighted by atomic mass is 10.0. The number of benzene rings is 1. The molecule has 0 saturated heterocycles. The van der Waals surface area contributed by atoms with Crippen molar-refractivity contribution in [1.29, 1.82) is 0 Å². The second-order valence-corrected chi connectivity index (χ2v) is 3.61. The van der Waals surface area contributed by atoms with E-state index < -0.39 is 5.97 Å². The van der Waals surface area contributed by atoms with Gasteiger partial charge in [0.2, 0.25) is 0 Å². The van der Waals surface area contributed by atoms with E-state index in [2.05, 4.69) is 4.98 Å². The first-order valence-electron chi connectivity index (χ1n) is 5.20. The number of carboxylic acid groups (broad SMARTS) is 1. The van der Waals surface area contributed by atoms with Crippen LogP contribution in [0.1, 0.15) is 16.1 Å². The number of carboxylic acids is 1. The number of aromatic carboxylic acids is 1. The van der Waals surface area contributed by atoms with E-state index in [0.29, 0.717) is 12.1 Å². The molecule has 86 valence electrons. The number of pyridine rings is 1. The van der Waals surface area contributed by atoms with Gasteiger partial charge in [0, 0.05) is 18.3 Å². The third kappa shape index (κ3) is 2.32. The first kappa shape index (κ1) is 11.3. The van der Waals surface area contributed by atoms with E-state index in [0.717, 1.165) is 11.1 Å². The maximum Gasteiger partial charge on any atom is 0.355 e. The van der Waals surface area contributed by atoms with Gasteiger partial charge in [0.1, 0.15) is 0 Å². The summed E-state index contributed by atoms with van der Waals surface area (Å²) in [5.41, 5.74) is 8.02. The molecule has 0 saturated carbocycles. The summed E-state index contributed by atoms with van der Waals surface area (Å²) in [6, 6.07) is 10.9. The molecule has 0 fully saturated rings. The zero-order valence-electron chi connectivity index (χ0n) is 9.13. The highest BCUT2D eigenvalue weighted by Gasteiger charge is 2.12. The zero-order valence-corrected chi connectivity index (χ0v) is 9.13. The van der Waals surface area contributed by atoms with Gasteiger partial charge in [-0.05, 0) is 17.2 Å². The van der Waals surface area contributed by atoms with Gasteiger partial charge in [0.15, 0.2) is 5.69 Å². The standard InChI is InChI=1S/C13H12N2O2/c14-8-9-3-5-10(6-4-9)11-2-1-7-15-12(11)13(16)17/h1-7H,8,14H2,(H,16,17). The van der Waals surface area contributed by atoms with Crippen molar-refractivity contribution in [3.8, 4) is 11.1 Å². The molecule has 0 aliphatic heterocycles. The van der Waals surface area contributed by atoms with Crippen LogP contribution in [0.25, 0.3) is 11.1 Å². The molecular weight excluding hydrogens is 216 g/mol. The van der Waals surface area contributed by atoms with Crippen molar-refractivity contribution in [2.45, 2.75) is 6.54 Å². The molecule has 0 radical (unpaired) electrons. The quantitative estimate of drug-likeness (QED) is 0.841. The number of aromatic nitrogens is 1. The van der Waals surface area contributed by atoms with Crippen molar-refractivity contribution in [2.75, 3.05) is 0 Å². The average molecular weight is 228 g/mol. The Kier molecular flexibility index (Phi) is 3.16. The van der Waals surface area contributed by atoms with E-state index in [1.165, 1.54) is 6.20 Å². The van der Waals surface area contributed by atoms with Crippen LogP contribution >= 0.6 is 0 Å². The van der Waals surface area contributed by atoms with Crippen molar-refractivity contribution in [3.63, 3.8) is 0 Å². The van der Waals surface area contributed by atoms with E-state index in [4.69, 9.17) is 10.8 Å². The summed E-state index contributed by atoms with van der Waals surface area (Å²) in [5.74, 6) is -1.02. The van der Waals surface area contributed by atoms with Gasteiger partial charge >= 0.3 is 5.97 Å². The molecular formula is C13H12N2O2. The summed E-state index contributed by atoms with van der Waals surface area (Å²) < 4.78 is 0. The van der Waals surface area contributed by atoms with Crippen LogP contribution in [0.2, 0.25) is 0 Å². The molecule has 0 aliphatic carbocycles. The van der Waals surface area contributed by atoms with E-state index in [1.54, 1.807) is 12.1 Å². The van der Waals surface area contributed by atoms with Crippen LogP contribution in [0.5, 0.6) is 0 Å². The van der Waals surface area contributed by atoms with Crippen molar-refractivity contribution in [2.24, 2.45) is 5.73 Å². The lowest BCUT2D eigenvalue weighted by molar-refractivity contribution is 0.0691. The molecule has 3 N–H and O–H groups in total. The number of rotatable bonds is 3. The Hall–Kier alpha value is -2.20. The maximum atomic E-state index is 11.0. The Morgan fingerprint density at radius 3 is 2.53 bits per heavy atom. The Balaban J connectivity index is 2.48. The predicted molar refractivity (Wildman–Crippen MR) is 64.5 cm³/mol. The van der Waals surface area contributed by atoms with Gasteiger partial charge in [-0.1, -0.05) is 30.3 Å². The van der Waals surface area contributed by atoms with Crippen LogP contribution < -0.4 is 5.73 Å². The molecule has 0 amide bonds. The zero-order chi connectivity index (χ0) is 12.3. The van der Waals surface area contributed by atoms with Crippen LogP contribution in [0.3, 0.4) is 0 Å². The summed E-state index contributed by atoms with van der Waals surface area (Å²) in [7, 11) is 0. The highest BCUT2D eigenvalue weighted by atomic mass is 16.4. The SMILES string of the molecule is NCc1ccc(-c2cccnc2C(=O)O)cc1. The second-order valence-electron chi connectivity index (χ2n) is 3.61. The fourth-order valence-electron chi connectivity index (χ4n) is 1.63. The summed E-state index contributed by atoms with van der Waals surface area (Å²) >= 11 is 0. The number of hydrogen-bond acceptors (Lipinski definition) is 3. The first-order chi connectivity index (χ1) is 8.22. The Labute approximate surface area is 98.7 Å². The first-order valence-corrected chi connectivity index (χ1v) is 5.20. The van der Waals surface area contributed by atoms with Crippen LogP contribution in [-0.4, -0.2) is 16.1 Å². The minimum atomic E-state index is -1.02. The third-order valence-electron chi connectivity index (χ3n) is 2.51. The Bertz CT molecular complexity index is 535. The second kappa shape index (κ2) is 4.76. The van der Waals surface area contributed by atoms with Crippen molar-refractivity contribution in [3.05, 3.63) is 53.9 Å². The highest BCUT2D eigenvalue weighted by Crippen LogP contribution is 2.22. The van der Waals surface area contributed by atoms with E-state index in [1.807, 2.05) is 24.3 Å². The van der Waals surface area contributed by atoms with E-state index >= 15 is 0 Å². The number of nitrogens with zero attached hydrogens (tertiary/aromatic N) is 1. The van der Waals surface area contributed by atoms with Gasteiger partial charge in [0.05, 0.1) is 0 Å². The third-order valence-corrected chi connectivity index (χ3v) is 2.51. The molecule has 4 heteroatoms. The molecule has 2 aromatic rings. The normalized spacial score (nSPS) is 10.2. The number of hydrogen-bond donors (Lipinski definition) is 2. The lowest BCUT2D eigenvalue weighted by Gasteiger charge is -2.05. The Morgan fingerprint density at radius 2 is 1.94 bits per heavy atom. The largest absolute Gasteiger partial charge is 0.476 e. The summed E-state index contributed by atoms with van der Waals surface area (Å²) in [6.07, 6.45) is 1.47. The van der Waals surface area contributed by atoms with Gasteiger partial charge in [-0.2, -0.15) is 0 Å². The monoisotopic (exact) mass is 228 g/mol. The molecule has 17 heavy (non-hydrogen) atoms. The van der Waals surface area contributed by atoms with Crippen LogP contribution in [0.15, 0.2) is 42.6 Å². The predicted octanol–water partition coefficient (Wildman–Crippen LogP) is 1.91. The topological polar surface area (TPSA) is 76.2 Å². The van der Waals surface area contributed by atoms with Crippen LogP contribution in [0, 0.1) is 0 Å². The van der Waals surface area contributed by atoms with Gasteiger partial charge in [-0.3, -0.25) is 0 Å². The Morgan fingerprint density at radius 1 is 1.24 bits per heavy atom. The van der Waals surface area contributed by atoms with Crippen LogP contribution in [-0.2, 0) is 6.54 Å². The molecule has 0 spiro atoms. The summed E-state index contributed by atoms with van der Waals surface area (Å²) in [6.45, 7) is 0.471. The fraction of sp³-hybridized carbons (Fsp3) is 0.0769. The van der Waals surface area contributed by atoms with Crippen molar-refractivity contribution in [1.82, 2.24) is 4.98 Å². The van der Waals surface area contributed by atoms with Crippen LogP contribution in [0.4, 0.5) is 0 Å². The number of carbonyl (C=O) groups is 1. The van der Waals surface area contributed by atoms with Crippen molar-refractivity contribution < 1.29 is 9.90 Å². The summed E-state index contributed by atoms with van der Waals surface area (Å²) in [4.78, 5) is 14.9. The molecule has 1 heterocycles. The lowest BCUT2D eigenvalue weighted by Crippen LogP contribution is -2.02. The molecule has 0 bridgehead atoms. The van der Waals surface area contributed by atoms with Gasteiger partial charge in [-0.15, -0.1) is 0 Å². The van der Waals surface area contributed by atoms with Gasteiger partial charge in [-0.25, -0.2) is 9.78 Å². The molecule has 1 aromatic carbocycles. The summed E-state index contributed by atoms with van der Waals surface area (Å²) in [5, 5.41) is 9.05. The van der Waals surface area contributed by atoms with E-state index in [9.17, 15) is 4.79 Å². The molecule has 0 unspecified atom stereocenters. The minimum Gasteiger partial charge on any atom is -0.476 e. The van der Waals surface area contributed by atoms with Gasteiger partial charge in [0.25, 0.3) is 0 Å². The molecule has 4 nitrogen and oxygen atoms in total. The average Bonchev–Trinajstić information content (AvgIpc) is 2.39. The maximum absolute atomic E-state index is 11.0. The smallest absolute Gasteiger partial charge is 0.355 e. The molecule has 0 atom stereocenters.